The fourth-order valence-electron chi connectivity index (χ4n) is 3.32. The lowest BCUT2D eigenvalue weighted by atomic mass is 10.0. The van der Waals surface area contributed by atoms with Crippen molar-refractivity contribution in [2.45, 2.75) is 27.3 Å². The molecule has 0 spiro atoms. The van der Waals surface area contributed by atoms with Gasteiger partial charge in [0, 0.05) is 10.9 Å². The lowest BCUT2D eigenvalue weighted by Crippen LogP contribution is -2.30. The van der Waals surface area contributed by atoms with E-state index in [9.17, 15) is 9.59 Å². The summed E-state index contributed by atoms with van der Waals surface area (Å²) in [5.74, 6) is 0.188. The van der Waals surface area contributed by atoms with Gasteiger partial charge in [0.2, 0.25) is 5.91 Å². The Balaban J connectivity index is 1.55. The lowest BCUT2D eigenvalue weighted by Gasteiger charge is -2.10. The van der Waals surface area contributed by atoms with E-state index in [1.165, 1.54) is 21.5 Å². The fraction of sp³-hybridized carbons (Fsp3) is 0.182. The molecule has 1 N–H and O–H groups in total. The van der Waals surface area contributed by atoms with E-state index >= 15 is 0 Å². The summed E-state index contributed by atoms with van der Waals surface area (Å²) < 4.78 is 1.39. The van der Waals surface area contributed by atoms with E-state index in [0.717, 1.165) is 16.8 Å². The molecule has 7 heteroatoms. The van der Waals surface area contributed by atoms with Crippen LogP contribution in [0.15, 0.2) is 52.6 Å². The van der Waals surface area contributed by atoms with Crippen molar-refractivity contribution in [1.29, 1.82) is 0 Å². The number of rotatable bonds is 4. The number of hydrogen-bond donors (Lipinski definition) is 1. The molecular weight excluding hydrogens is 384 g/mol. The summed E-state index contributed by atoms with van der Waals surface area (Å²) in [4.78, 5) is 34.2. The molecular formula is C22H20N4O2S. The summed E-state index contributed by atoms with van der Waals surface area (Å²) in [6, 6.07) is 13.3. The average molecular weight is 404 g/mol. The maximum atomic E-state index is 12.7. The van der Waals surface area contributed by atoms with Gasteiger partial charge in [0.05, 0.1) is 16.6 Å². The first-order valence-electron chi connectivity index (χ1n) is 9.21. The second-order valence-corrected chi connectivity index (χ2v) is 7.83. The molecule has 0 saturated carbocycles. The number of nitrogens with zero attached hydrogens (tertiary/aromatic N) is 3. The number of aryl methyl sites for hydroxylation is 3. The van der Waals surface area contributed by atoms with Crippen LogP contribution in [0.2, 0.25) is 0 Å². The highest BCUT2D eigenvalue weighted by molar-refractivity contribution is 7.14. The van der Waals surface area contributed by atoms with E-state index in [1.54, 1.807) is 25.1 Å². The predicted octanol–water partition coefficient (Wildman–Crippen LogP) is 4.08. The first-order chi connectivity index (χ1) is 13.9. The van der Waals surface area contributed by atoms with Crippen LogP contribution < -0.4 is 10.9 Å². The number of aromatic nitrogens is 3. The lowest BCUT2D eigenvalue weighted by molar-refractivity contribution is -0.116. The molecule has 29 heavy (non-hydrogen) atoms. The Kier molecular flexibility index (Phi) is 4.98. The van der Waals surface area contributed by atoms with Crippen molar-refractivity contribution in [2.24, 2.45) is 0 Å². The van der Waals surface area contributed by atoms with Crippen LogP contribution in [0.25, 0.3) is 22.2 Å². The third-order valence-corrected chi connectivity index (χ3v) is 5.52. The fourth-order valence-corrected chi connectivity index (χ4v) is 4.05. The zero-order valence-corrected chi connectivity index (χ0v) is 17.2. The number of hydrogen-bond acceptors (Lipinski definition) is 5. The molecule has 146 valence electrons. The number of benzene rings is 2. The van der Waals surface area contributed by atoms with Gasteiger partial charge in [0.15, 0.2) is 5.13 Å². The molecule has 2 heterocycles. The van der Waals surface area contributed by atoms with Crippen LogP contribution in [0, 0.1) is 20.8 Å². The Morgan fingerprint density at radius 2 is 1.90 bits per heavy atom. The highest BCUT2D eigenvalue weighted by Crippen LogP contribution is 2.28. The van der Waals surface area contributed by atoms with E-state index in [0.29, 0.717) is 21.9 Å². The Bertz CT molecular complexity index is 1290. The molecule has 2 aromatic heterocycles. The normalized spacial score (nSPS) is 11.0. The molecule has 0 radical (unpaired) electrons. The SMILES string of the molecule is Cc1ccc(-c2csc(NC(=O)Cn3c(C)nc4ccccc4c3=O)n2)c(C)c1. The van der Waals surface area contributed by atoms with Crippen molar-refractivity contribution >= 4 is 33.3 Å². The molecule has 2 aromatic carbocycles. The summed E-state index contributed by atoms with van der Waals surface area (Å²) in [6.07, 6.45) is 0. The first kappa shape index (κ1) is 19.0. The highest BCUT2D eigenvalue weighted by Gasteiger charge is 2.14. The van der Waals surface area contributed by atoms with Crippen molar-refractivity contribution in [3.63, 3.8) is 0 Å². The molecule has 0 atom stereocenters. The maximum Gasteiger partial charge on any atom is 0.261 e. The molecule has 4 aromatic rings. The Morgan fingerprint density at radius 3 is 2.69 bits per heavy atom. The van der Waals surface area contributed by atoms with E-state index in [-0.39, 0.29) is 18.0 Å². The topological polar surface area (TPSA) is 76.9 Å². The van der Waals surface area contributed by atoms with Crippen molar-refractivity contribution in [1.82, 2.24) is 14.5 Å². The maximum absolute atomic E-state index is 12.7. The summed E-state index contributed by atoms with van der Waals surface area (Å²) in [6.45, 7) is 5.71. The van der Waals surface area contributed by atoms with Gasteiger partial charge in [0.1, 0.15) is 12.4 Å². The van der Waals surface area contributed by atoms with E-state index in [4.69, 9.17) is 0 Å². The number of amides is 1. The van der Waals surface area contributed by atoms with Gasteiger partial charge in [-0.3, -0.25) is 14.2 Å². The first-order valence-corrected chi connectivity index (χ1v) is 10.1. The number of fused-ring (bicyclic) bond motifs is 1. The molecule has 0 bridgehead atoms. The number of para-hydroxylation sites is 1. The molecule has 0 saturated heterocycles. The smallest absolute Gasteiger partial charge is 0.261 e. The van der Waals surface area contributed by atoms with Crippen LogP contribution in [0.4, 0.5) is 5.13 Å². The monoisotopic (exact) mass is 404 g/mol. The number of carbonyl (C=O) groups is 1. The van der Waals surface area contributed by atoms with Gasteiger partial charge in [-0.05, 0) is 38.5 Å². The zero-order valence-electron chi connectivity index (χ0n) is 16.4. The minimum atomic E-state index is -0.311. The van der Waals surface area contributed by atoms with Crippen molar-refractivity contribution < 1.29 is 4.79 Å². The summed E-state index contributed by atoms with van der Waals surface area (Å²) in [5, 5.41) is 5.72. The summed E-state index contributed by atoms with van der Waals surface area (Å²) in [7, 11) is 0. The van der Waals surface area contributed by atoms with Crippen LogP contribution in [0.3, 0.4) is 0 Å². The minimum absolute atomic E-state index is 0.110. The van der Waals surface area contributed by atoms with Crippen LogP contribution in [-0.2, 0) is 11.3 Å². The molecule has 0 aliphatic carbocycles. The van der Waals surface area contributed by atoms with Gasteiger partial charge in [-0.25, -0.2) is 9.97 Å². The van der Waals surface area contributed by atoms with Crippen molar-refractivity contribution in [3.05, 3.63) is 75.1 Å². The van der Waals surface area contributed by atoms with Gasteiger partial charge in [-0.1, -0.05) is 35.9 Å². The van der Waals surface area contributed by atoms with E-state index < -0.39 is 0 Å². The van der Waals surface area contributed by atoms with Gasteiger partial charge < -0.3 is 5.32 Å². The standard InChI is InChI=1S/C22H20N4O2S/c1-13-8-9-16(14(2)10-13)19-12-29-22(24-19)25-20(27)11-26-15(3)23-18-7-5-4-6-17(18)21(26)28/h4-10,12H,11H2,1-3H3,(H,24,25,27). The van der Waals surface area contributed by atoms with Gasteiger partial charge >= 0.3 is 0 Å². The summed E-state index contributed by atoms with van der Waals surface area (Å²) in [5.41, 5.74) is 4.60. The Hall–Kier alpha value is -3.32. The number of thiazole rings is 1. The molecule has 0 unspecified atom stereocenters. The third kappa shape index (κ3) is 3.82. The largest absolute Gasteiger partial charge is 0.300 e. The van der Waals surface area contributed by atoms with E-state index in [2.05, 4.69) is 28.3 Å². The Labute approximate surface area is 171 Å². The number of anilines is 1. The van der Waals surface area contributed by atoms with Gasteiger partial charge in [-0.2, -0.15) is 0 Å². The highest BCUT2D eigenvalue weighted by atomic mass is 32.1. The minimum Gasteiger partial charge on any atom is -0.300 e. The van der Waals surface area contributed by atoms with Crippen LogP contribution >= 0.6 is 11.3 Å². The third-order valence-electron chi connectivity index (χ3n) is 4.76. The van der Waals surface area contributed by atoms with Crippen LogP contribution in [-0.4, -0.2) is 20.4 Å². The second-order valence-electron chi connectivity index (χ2n) is 6.97. The molecule has 0 aliphatic heterocycles. The average Bonchev–Trinajstić information content (AvgIpc) is 3.13. The Morgan fingerprint density at radius 1 is 1.10 bits per heavy atom. The van der Waals surface area contributed by atoms with Crippen molar-refractivity contribution in [2.75, 3.05) is 5.32 Å². The molecule has 0 aliphatic rings. The number of nitrogens with one attached hydrogen (secondary N) is 1. The quantitative estimate of drug-likeness (QED) is 0.556. The molecule has 0 fully saturated rings. The molecule has 6 nitrogen and oxygen atoms in total. The zero-order chi connectivity index (χ0) is 20.5. The van der Waals surface area contributed by atoms with Gasteiger partial charge in [0.25, 0.3) is 5.56 Å². The second kappa shape index (κ2) is 7.60. The van der Waals surface area contributed by atoms with Crippen LogP contribution in [0.1, 0.15) is 17.0 Å². The van der Waals surface area contributed by atoms with Gasteiger partial charge in [-0.15, -0.1) is 11.3 Å². The van der Waals surface area contributed by atoms with E-state index in [1.807, 2.05) is 30.5 Å². The molecule has 4 rings (SSSR count). The van der Waals surface area contributed by atoms with Crippen LogP contribution in [0.5, 0.6) is 0 Å². The van der Waals surface area contributed by atoms with Crippen molar-refractivity contribution in [3.8, 4) is 11.3 Å². The molecule has 1 amide bonds. The summed E-state index contributed by atoms with van der Waals surface area (Å²) >= 11 is 1.36. The number of carbonyl (C=O) groups excluding carboxylic acids is 1. The predicted molar refractivity (Wildman–Crippen MR) is 116 cm³/mol.